The van der Waals surface area contributed by atoms with Crippen molar-refractivity contribution >= 4 is 22.7 Å². The van der Waals surface area contributed by atoms with E-state index in [-0.39, 0.29) is 11.5 Å². The van der Waals surface area contributed by atoms with Gasteiger partial charge in [-0.3, -0.25) is 9.59 Å². The lowest BCUT2D eigenvalue weighted by Crippen LogP contribution is -2.11. The van der Waals surface area contributed by atoms with Crippen LogP contribution in [0.2, 0.25) is 0 Å². The summed E-state index contributed by atoms with van der Waals surface area (Å²) >= 11 is 0. The minimum atomic E-state index is -1.19. The molecule has 0 saturated carbocycles. The van der Waals surface area contributed by atoms with Crippen LogP contribution in [-0.2, 0) is 0 Å². The van der Waals surface area contributed by atoms with E-state index in [2.05, 4.69) is 4.98 Å². The molecule has 0 atom stereocenters. The molecule has 1 aromatic heterocycles. The van der Waals surface area contributed by atoms with E-state index in [1.165, 1.54) is 0 Å². The molecule has 0 aliphatic rings. The first-order chi connectivity index (χ1) is 9.43. The fourth-order valence-corrected chi connectivity index (χ4v) is 2.18. The number of rotatable bonds is 4. The Kier molecular flexibility index (Phi) is 3.70. The molecule has 0 bridgehead atoms. The van der Waals surface area contributed by atoms with Gasteiger partial charge in [-0.15, -0.1) is 0 Å². The maximum atomic E-state index is 12.0. The molecule has 0 aliphatic heterocycles. The molecule has 2 N–H and O–H groups in total. The standard InChI is InChI=1S/C15H15NO4/c1-3-4-13(17)9-6-10-11(5-8(9)2)16-12(15(19)20)7-14(10)18/h5-7H,3-4H2,1-2H3,(H,16,18)(H,19,20). The minimum Gasteiger partial charge on any atom is -0.477 e. The van der Waals surface area contributed by atoms with Gasteiger partial charge in [-0.1, -0.05) is 6.92 Å². The van der Waals surface area contributed by atoms with Crippen molar-refractivity contribution in [3.8, 4) is 0 Å². The third kappa shape index (κ3) is 2.47. The second-order valence-corrected chi connectivity index (χ2v) is 4.74. The van der Waals surface area contributed by atoms with Crippen molar-refractivity contribution in [2.45, 2.75) is 26.7 Å². The summed E-state index contributed by atoms with van der Waals surface area (Å²) in [6.45, 7) is 3.69. The van der Waals surface area contributed by atoms with Crippen molar-refractivity contribution in [2.24, 2.45) is 0 Å². The van der Waals surface area contributed by atoms with Crippen molar-refractivity contribution in [2.75, 3.05) is 0 Å². The number of H-pyrrole nitrogens is 1. The number of nitrogens with one attached hydrogen (secondary N) is 1. The fraction of sp³-hybridized carbons (Fsp3) is 0.267. The molecule has 2 rings (SSSR count). The van der Waals surface area contributed by atoms with Crippen molar-refractivity contribution in [1.82, 2.24) is 4.98 Å². The van der Waals surface area contributed by atoms with Gasteiger partial charge in [0.1, 0.15) is 5.69 Å². The maximum absolute atomic E-state index is 12.0. The number of ketones is 1. The number of carboxylic acids is 1. The molecule has 0 amide bonds. The maximum Gasteiger partial charge on any atom is 0.352 e. The van der Waals surface area contributed by atoms with Gasteiger partial charge in [-0.25, -0.2) is 4.79 Å². The van der Waals surface area contributed by atoms with E-state index in [4.69, 9.17) is 5.11 Å². The summed E-state index contributed by atoms with van der Waals surface area (Å²) in [5.74, 6) is -1.19. The van der Waals surface area contributed by atoms with Gasteiger partial charge in [-0.05, 0) is 31.0 Å². The fourth-order valence-electron chi connectivity index (χ4n) is 2.18. The number of fused-ring (bicyclic) bond motifs is 1. The number of hydrogen-bond acceptors (Lipinski definition) is 3. The molecule has 104 valence electrons. The van der Waals surface area contributed by atoms with Gasteiger partial charge in [0.05, 0.1) is 5.52 Å². The first-order valence-electron chi connectivity index (χ1n) is 6.38. The van der Waals surface area contributed by atoms with Crippen molar-refractivity contribution in [1.29, 1.82) is 0 Å². The van der Waals surface area contributed by atoms with Gasteiger partial charge in [0.15, 0.2) is 11.2 Å². The van der Waals surface area contributed by atoms with Crippen LogP contribution in [0.1, 0.15) is 46.2 Å². The van der Waals surface area contributed by atoms with Gasteiger partial charge >= 0.3 is 5.97 Å². The molecule has 0 aliphatic carbocycles. The smallest absolute Gasteiger partial charge is 0.352 e. The first kappa shape index (κ1) is 14.0. The highest BCUT2D eigenvalue weighted by Crippen LogP contribution is 2.18. The number of hydrogen-bond donors (Lipinski definition) is 2. The van der Waals surface area contributed by atoms with Crippen LogP contribution in [-0.4, -0.2) is 21.8 Å². The van der Waals surface area contributed by atoms with E-state index >= 15 is 0 Å². The molecule has 2 aromatic rings. The molecule has 1 heterocycles. The number of benzene rings is 1. The summed E-state index contributed by atoms with van der Waals surface area (Å²) in [5, 5.41) is 9.26. The number of aryl methyl sites for hydroxylation is 1. The predicted octanol–water partition coefficient (Wildman–Crippen LogP) is 2.52. The second-order valence-electron chi connectivity index (χ2n) is 4.74. The monoisotopic (exact) mass is 273 g/mol. The molecule has 5 heteroatoms. The summed E-state index contributed by atoms with van der Waals surface area (Å²) in [6, 6.07) is 4.23. The van der Waals surface area contributed by atoms with Crippen molar-refractivity contribution < 1.29 is 14.7 Å². The highest BCUT2D eigenvalue weighted by atomic mass is 16.4. The SMILES string of the molecule is CCCC(=O)c1cc2c(=O)cc(C(=O)O)[nH]c2cc1C. The molecule has 0 saturated heterocycles. The first-order valence-corrected chi connectivity index (χ1v) is 6.38. The largest absolute Gasteiger partial charge is 0.477 e. The zero-order chi connectivity index (χ0) is 14.9. The van der Waals surface area contributed by atoms with E-state index < -0.39 is 11.4 Å². The summed E-state index contributed by atoms with van der Waals surface area (Å²) in [6.07, 6.45) is 1.17. The summed E-state index contributed by atoms with van der Waals surface area (Å²) in [4.78, 5) is 37.6. The Morgan fingerprint density at radius 3 is 2.55 bits per heavy atom. The molecular formula is C15H15NO4. The van der Waals surface area contributed by atoms with E-state index in [1.807, 2.05) is 6.92 Å². The number of carboxylic acid groups (broad SMARTS) is 1. The second kappa shape index (κ2) is 5.28. The number of pyridine rings is 1. The van der Waals surface area contributed by atoms with Crippen molar-refractivity contribution in [3.63, 3.8) is 0 Å². The topological polar surface area (TPSA) is 87.2 Å². The lowest BCUT2D eigenvalue weighted by molar-refractivity contribution is 0.0690. The third-order valence-corrected chi connectivity index (χ3v) is 3.18. The van der Waals surface area contributed by atoms with Crippen LogP contribution in [0, 0.1) is 6.92 Å². The zero-order valence-corrected chi connectivity index (χ0v) is 11.3. The number of Topliss-reactive ketones (excluding diaryl/α,β-unsaturated/α-hetero) is 1. The lowest BCUT2D eigenvalue weighted by Gasteiger charge is -2.07. The minimum absolute atomic E-state index is 0.00592. The van der Waals surface area contributed by atoms with Crippen LogP contribution >= 0.6 is 0 Å². The van der Waals surface area contributed by atoms with Crippen LogP contribution in [0.15, 0.2) is 23.0 Å². The normalized spacial score (nSPS) is 10.7. The van der Waals surface area contributed by atoms with E-state index in [0.29, 0.717) is 22.9 Å². The Hall–Kier alpha value is -2.43. The highest BCUT2D eigenvalue weighted by molar-refractivity contribution is 6.01. The molecular weight excluding hydrogens is 258 g/mol. The number of carbonyl (C=O) groups is 2. The van der Waals surface area contributed by atoms with Crippen LogP contribution in [0.4, 0.5) is 0 Å². The molecule has 0 fully saturated rings. The number of aromatic amines is 1. The van der Waals surface area contributed by atoms with E-state index in [1.54, 1.807) is 19.1 Å². The Balaban J connectivity index is 2.69. The molecule has 0 unspecified atom stereocenters. The van der Waals surface area contributed by atoms with Crippen LogP contribution in [0.3, 0.4) is 0 Å². The molecule has 1 aromatic carbocycles. The van der Waals surface area contributed by atoms with E-state index in [9.17, 15) is 14.4 Å². The molecule has 0 radical (unpaired) electrons. The summed E-state index contributed by atoms with van der Waals surface area (Å²) in [7, 11) is 0. The molecule has 5 nitrogen and oxygen atoms in total. The lowest BCUT2D eigenvalue weighted by atomic mass is 9.99. The van der Waals surface area contributed by atoms with Gasteiger partial charge in [0.25, 0.3) is 0 Å². The van der Waals surface area contributed by atoms with Crippen LogP contribution in [0.5, 0.6) is 0 Å². The number of carbonyl (C=O) groups excluding carboxylic acids is 1. The van der Waals surface area contributed by atoms with Gasteiger partial charge in [0, 0.05) is 23.4 Å². The molecule has 20 heavy (non-hydrogen) atoms. The average Bonchev–Trinajstić information content (AvgIpc) is 2.37. The van der Waals surface area contributed by atoms with E-state index in [0.717, 1.165) is 18.1 Å². The third-order valence-electron chi connectivity index (χ3n) is 3.18. The van der Waals surface area contributed by atoms with Crippen molar-refractivity contribution in [3.05, 3.63) is 45.2 Å². The predicted molar refractivity (Wildman–Crippen MR) is 75.5 cm³/mol. The number of aromatic nitrogens is 1. The van der Waals surface area contributed by atoms with Gasteiger partial charge in [0.2, 0.25) is 0 Å². The molecule has 0 spiro atoms. The summed E-state index contributed by atoms with van der Waals surface area (Å²) in [5.41, 5.74) is 1.12. The number of aromatic carboxylic acids is 1. The van der Waals surface area contributed by atoms with Gasteiger partial charge in [-0.2, -0.15) is 0 Å². The van der Waals surface area contributed by atoms with Crippen LogP contribution in [0.25, 0.3) is 10.9 Å². The summed E-state index contributed by atoms with van der Waals surface area (Å²) < 4.78 is 0. The zero-order valence-electron chi connectivity index (χ0n) is 11.3. The quantitative estimate of drug-likeness (QED) is 0.838. The van der Waals surface area contributed by atoms with Crippen LogP contribution < -0.4 is 5.43 Å². The highest BCUT2D eigenvalue weighted by Gasteiger charge is 2.13. The Labute approximate surface area is 115 Å². The Morgan fingerprint density at radius 2 is 1.95 bits per heavy atom. The average molecular weight is 273 g/mol. The Morgan fingerprint density at radius 1 is 1.25 bits per heavy atom. The Bertz CT molecular complexity index is 758. The van der Waals surface area contributed by atoms with Gasteiger partial charge < -0.3 is 10.1 Å².